The molecule has 1 aromatic carbocycles. The minimum Gasteiger partial charge on any atom is -0.362 e. The maximum Gasteiger partial charge on any atom is 0.236 e. The fraction of sp³-hybridized carbons (Fsp3) is 0.500. The number of hydrogen-bond donors (Lipinski definition) is 1. The molecule has 4 rings (SSSR count). The Morgan fingerprint density at radius 1 is 1.06 bits per heavy atom. The van der Waals surface area contributed by atoms with E-state index in [9.17, 15) is 4.79 Å². The molecule has 2 aliphatic rings. The average Bonchev–Trinajstić information content (AvgIpc) is 3.28. The molecule has 1 N–H and O–H groups in total. The molecule has 3 heterocycles. The molecule has 0 radical (unpaired) electrons. The third kappa shape index (κ3) is 5.57. The number of anilines is 2. The van der Waals surface area contributed by atoms with Crippen molar-refractivity contribution in [1.29, 1.82) is 0 Å². The molecule has 2 aliphatic heterocycles. The van der Waals surface area contributed by atoms with Gasteiger partial charge in [-0.3, -0.25) is 9.69 Å². The minimum absolute atomic E-state index is 0.125. The molecule has 1 amide bonds. The number of halogens is 3. The Morgan fingerprint density at radius 3 is 2.47 bits per heavy atom. The lowest BCUT2D eigenvalue weighted by atomic mass is 10.1. The highest BCUT2D eigenvalue weighted by atomic mass is 35.5. The first-order valence-electron chi connectivity index (χ1n) is 10.9. The number of carbonyl (C=O) groups excluding carboxylic acids is 1. The minimum atomic E-state index is -0.125. The van der Waals surface area contributed by atoms with Crippen molar-refractivity contribution in [2.75, 3.05) is 56.0 Å². The van der Waals surface area contributed by atoms with Gasteiger partial charge in [0.1, 0.15) is 5.02 Å². The zero-order valence-corrected chi connectivity index (χ0v) is 20.3. The third-order valence-electron chi connectivity index (χ3n) is 5.99. The van der Waals surface area contributed by atoms with Crippen molar-refractivity contribution in [3.05, 3.63) is 45.0 Å². The fourth-order valence-electron chi connectivity index (χ4n) is 4.13. The molecule has 0 aliphatic carbocycles. The molecule has 0 bridgehead atoms. The van der Waals surface area contributed by atoms with E-state index in [0.29, 0.717) is 59.6 Å². The molecular formula is C22H27Cl3N6O. The quantitative estimate of drug-likeness (QED) is 0.640. The third-order valence-corrected chi connectivity index (χ3v) is 6.83. The van der Waals surface area contributed by atoms with E-state index in [1.165, 1.54) is 12.8 Å². The average molecular weight is 498 g/mol. The van der Waals surface area contributed by atoms with Gasteiger partial charge < -0.3 is 15.1 Å². The van der Waals surface area contributed by atoms with E-state index in [0.717, 1.165) is 18.7 Å². The summed E-state index contributed by atoms with van der Waals surface area (Å²) >= 11 is 18.7. The Bertz CT molecular complexity index is 961. The molecule has 10 heteroatoms. The molecule has 1 aromatic heterocycles. The molecule has 0 saturated carbocycles. The first kappa shape index (κ1) is 23.4. The number of hydrogen-bond acceptors (Lipinski definition) is 6. The largest absolute Gasteiger partial charge is 0.362 e. The van der Waals surface area contributed by atoms with Gasteiger partial charge in [0.15, 0.2) is 5.82 Å². The van der Waals surface area contributed by atoms with Crippen LogP contribution >= 0.6 is 34.8 Å². The molecule has 2 aromatic rings. The van der Waals surface area contributed by atoms with Gasteiger partial charge >= 0.3 is 0 Å². The summed E-state index contributed by atoms with van der Waals surface area (Å²) in [6.07, 6.45) is 3.98. The van der Waals surface area contributed by atoms with Gasteiger partial charge in [-0.05, 0) is 50.6 Å². The number of amides is 1. The van der Waals surface area contributed by atoms with Crippen molar-refractivity contribution in [3.8, 4) is 0 Å². The molecule has 7 nitrogen and oxygen atoms in total. The Labute approximate surface area is 203 Å². The summed E-state index contributed by atoms with van der Waals surface area (Å²) < 4.78 is 0. The molecule has 1 atom stereocenters. The van der Waals surface area contributed by atoms with Gasteiger partial charge in [0.05, 0.1) is 18.8 Å². The highest BCUT2D eigenvalue weighted by Crippen LogP contribution is 2.30. The standard InChI is InChI=1S/C22H27Cl3N6O/c1-15(17-5-4-16(23)12-18(17)24)27-21-19(25)13-26-22(28-21)31-10-8-30(9-11-31)20(32)14-29-6-2-3-7-29/h4-5,12-13,15H,2-3,6-11,14H2,1H3,(H,26,27,28)/t15-/m1/s1. The fourth-order valence-corrected chi connectivity index (χ4v) is 4.85. The van der Waals surface area contributed by atoms with Crippen molar-refractivity contribution in [2.45, 2.75) is 25.8 Å². The summed E-state index contributed by atoms with van der Waals surface area (Å²) in [7, 11) is 0. The summed E-state index contributed by atoms with van der Waals surface area (Å²) in [5.41, 5.74) is 0.900. The molecule has 32 heavy (non-hydrogen) atoms. The highest BCUT2D eigenvalue weighted by Gasteiger charge is 2.25. The molecule has 2 fully saturated rings. The predicted octanol–water partition coefficient (Wildman–Crippen LogP) is 4.35. The lowest BCUT2D eigenvalue weighted by Crippen LogP contribution is -2.51. The monoisotopic (exact) mass is 496 g/mol. The summed E-state index contributed by atoms with van der Waals surface area (Å²) in [5, 5.41) is 4.93. The lowest BCUT2D eigenvalue weighted by Gasteiger charge is -2.35. The molecule has 0 unspecified atom stereocenters. The van der Waals surface area contributed by atoms with E-state index < -0.39 is 0 Å². The summed E-state index contributed by atoms with van der Waals surface area (Å²) in [6, 6.07) is 5.28. The summed E-state index contributed by atoms with van der Waals surface area (Å²) in [4.78, 5) is 27.9. The topological polar surface area (TPSA) is 64.6 Å². The van der Waals surface area contributed by atoms with Gasteiger partial charge in [0.25, 0.3) is 0 Å². The van der Waals surface area contributed by atoms with Crippen molar-refractivity contribution in [2.24, 2.45) is 0 Å². The first-order chi connectivity index (χ1) is 15.4. The normalized spacial score (nSPS) is 18.1. The smallest absolute Gasteiger partial charge is 0.236 e. The van der Waals surface area contributed by atoms with E-state index in [-0.39, 0.29) is 11.9 Å². The summed E-state index contributed by atoms with van der Waals surface area (Å²) in [6.45, 7) is 7.27. The number of likely N-dealkylation sites (tertiary alicyclic amines) is 1. The predicted molar refractivity (Wildman–Crippen MR) is 130 cm³/mol. The Balaban J connectivity index is 1.38. The van der Waals surface area contributed by atoms with Gasteiger partial charge in [0.2, 0.25) is 11.9 Å². The van der Waals surface area contributed by atoms with Crippen LogP contribution in [-0.2, 0) is 4.79 Å². The van der Waals surface area contributed by atoms with E-state index in [2.05, 4.69) is 25.1 Å². The van der Waals surface area contributed by atoms with Gasteiger partial charge in [-0.2, -0.15) is 4.98 Å². The number of benzene rings is 1. The number of nitrogens with zero attached hydrogens (tertiary/aromatic N) is 5. The van der Waals surface area contributed by atoms with Crippen molar-refractivity contribution in [3.63, 3.8) is 0 Å². The van der Waals surface area contributed by atoms with Crippen molar-refractivity contribution >= 4 is 52.5 Å². The second kappa shape index (κ2) is 10.4. The van der Waals surface area contributed by atoms with Crippen molar-refractivity contribution < 1.29 is 4.79 Å². The second-order valence-electron chi connectivity index (χ2n) is 8.25. The first-order valence-corrected chi connectivity index (χ1v) is 12.0. The van der Waals surface area contributed by atoms with Gasteiger partial charge in [-0.15, -0.1) is 0 Å². The van der Waals surface area contributed by atoms with Crippen LogP contribution in [0.1, 0.15) is 31.4 Å². The van der Waals surface area contributed by atoms with Gasteiger partial charge in [-0.1, -0.05) is 40.9 Å². The maximum absolute atomic E-state index is 12.6. The number of piperazine rings is 1. The molecule has 0 spiro atoms. The van der Waals surface area contributed by atoms with Gasteiger partial charge in [0, 0.05) is 36.2 Å². The van der Waals surface area contributed by atoms with Crippen LogP contribution in [0.15, 0.2) is 24.4 Å². The zero-order chi connectivity index (χ0) is 22.7. The van der Waals surface area contributed by atoms with E-state index >= 15 is 0 Å². The van der Waals surface area contributed by atoms with Crippen LogP contribution in [0.2, 0.25) is 15.1 Å². The van der Waals surface area contributed by atoms with E-state index in [4.69, 9.17) is 34.8 Å². The molecule has 172 valence electrons. The molecule has 2 saturated heterocycles. The molecular weight excluding hydrogens is 471 g/mol. The van der Waals surface area contributed by atoms with Crippen molar-refractivity contribution in [1.82, 2.24) is 19.8 Å². The van der Waals surface area contributed by atoms with Crippen LogP contribution in [0.5, 0.6) is 0 Å². The number of carbonyl (C=O) groups is 1. The number of nitrogens with one attached hydrogen (secondary N) is 1. The van der Waals surface area contributed by atoms with Crippen LogP contribution < -0.4 is 10.2 Å². The Kier molecular flexibility index (Phi) is 7.61. The van der Waals surface area contributed by atoms with Crippen LogP contribution in [-0.4, -0.2) is 71.5 Å². The Hall–Kier alpha value is -1.80. The summed E-state index contributed by atoms with van der Waals surface area (Å²) in [5.74, 6) is 1.35. The SMILES string of the molecule is C[C@@H](Nc1nc(N2CCN(C(=O)CN3CCCC3)CC2)ncc1Cl)c1ccc(Cl)cc1Cl. The zero-order valence-electron chi connectivity index (χ0n) is 18.0. The van der Waals surface area contributed by atoms with E-state index in [1.54, 1.807) is 18.3 Å². The number of aromatic nitrogens is 2. The lowest BCUT2D eigenvalue weighted by molar-refractivity contribution is -0.132. The van der Waals surface area contributed by atoms with Crippen LogP contribution in [0.4, 0.5) is 11.8 Å². The van der Waals surface area contributed by atoms with Gasteiger partial charge in [-0.25, -0.2) is 4.98 Å². The van der Waals surface area contributed by atoms with Crippen LogP contribution in [0, 0.1) is 0 Å². The second-order valence-corrected chi connectivity index (χ2v) is 9.50. The number of rotatable bonds is 6. The highest BCUT2D eigenvalue weighted by molar-refractivity contribution is 6.35. The van der Waals surface area contributed by atoms with E-state index in [1.807, 2.05) is 17.9 Å². The Morgan fingerprint density at radius 2 is 1.78 bits per heavy atom. The maximum atomic E-state index is 12.6. The van der Waals surface area contributed by atoms with Crippen LogP contribution in [0.25, 0.3) is 0 Å². The van der Waals surface area contributed by atoms with Crippen LogP contribution in [0.3, 0.4) is 0 Å².